The highest BCUT2D eigenvalue weighted by atomic mass is 16.5. The molecule has 4 nitrogen and oxygen atoms in total. The topological polar surface area (TPSA) is 50.4 Å². The van der Waals surface area contributed by atoms with Crippen LogP contribution in [0.2, 0.25) is 0 Å². The molecule has 1 atom stereocenters. The molecule has 1 aromatic rings. The molecule has 0 aliphatic rings. The number of hydrogen-bond donors (Lipinski definition) is 2. The summed E-state index contributed by atoms with van der Waals surface area (Å²) in [6.45, 7) is 6.71. The molecule has 106 valence electrons. The third-order valence-electron chi connectivity index (χ3n) is 3.09. The second-order valence-corrected chi connectivity index (χ2v) is 4.71. The van der Waals surface area contributed by atoms with Crippen LogP contribution >= 0.6 is 0 Å². The molecule has 1 amide bonds. The van der Waals surface area contributed by atoms with Crippen molar-refractivity contribution in [3.63, 3.8) is 0 Å². The molecule has 0 aliphatic carbocycles. The molecule has 0 heterocycles. The predicted octanol–water partition coefficient (Wildman–Crippen LogP) is 3.18. The fourth-order valence-corrected chi connectivity index (χ4v) is 1.80. The summed E-state index contributed by atoms with van der Waals surface area (Å²) in [7, 11) is 1.71. The zero-order valence-electron chi connectivity index (χ0n) is 12.2. The number of ether oxygens (including phenoxy) is 1. The average molecular weight is 264 g/mol. The lowest BCUT2D eigenvalue weighted by Gasteiger charge is -2.18. The quantitative estimate of drug-likeness (QED) is 0.795. The SMILES string of the molecule is CCC(=O)Nc1cccc(NC(C)CCOC)c1C. The summed E-state index contributed by atoms with van der Waals surface area (Å²) < 4.78 is 5.07. The molecule has 1 rings (SSSR count). The van der Waals surface area contributed by atoms with Crippen LogP contribution in [-0.2, 0) is 9.53 Å². The molecule has 0 radical (unpaired) electrons. The van der Waals surface area contributed by atoms with E-state index in [4.69, 9.17) is 4.74 Å². The Labute approximate surface area is 115 Å². The van der Waals surface area contributed by atoms with Gasteiger partial charge in [-0.15, -0.1) is 0 Å². The second kappa shape index (κ2) is 7.79. The Balaban J connectivity index is 2.74. The Morgan fingerprint density at radius 1 is 1.37 bits per heavy atom. The van der Waals surface area contributed by atoms with Gasteiger partial charge in [0.25, 0.3) is 0 Å². The second-order valence-electron chi connectivity index (χ2n) is 4.71. The fraction of sp³-hybridized carbons (Fsp3) is 0.533. The monoisotopic (exact) mass is 264 g/mol. The first kappa shape index (κ1) is 15.5. The summed E-state index contributed by atoms with van der Waals surface area (Å²) in [5.41, 5.74) is 2.99. The number of methoxy groups -OCH3 is 1. The minimum absolute atomic E-state index is 0.0349. The van der Waals surface area contributed by atoms with Crippen molar-refractivity contribution < 1.29 is 9.53 Å². The van der Waals surface area contributed by atoms with Gasteiger partial charge in [-0.05, 0) is 38.0 Å². The van der Waals surface area contributed by atoms with Crippen LogP contribution in [0.3, 0.4) is 0 Å². The maximum Gasteiger partial charge on any atom is 0.224 e. The molecule has 1 unspecified atom stereocenters. The summed E-state index contributed by atoms with van der Waals surface area (Å²) in [4.78, 5) is 11.5. The zero-order valence-corrected chi connectivity index (χ0v) is 12.2. The Kier molecular flexibility index (Phi) is 6.36. The van der Waals surface area contributed by atoms with E-state index in [9.17, 15) is 4.79 Å². The molecule has 1 aromatic carbocycles. The minimum atomic E-state index is 0.0349. The summed E-state index contributed by atoms with van der Waals surface area (Å²) in [6, 6.07) is 6.23. The van der Waals surface area contributed by atoms with Crippen molar-refractivity contribution in [2.45, 2.75) is 39.7 Å². The third kappa shape index (κ3) is 4.91. The standard InChI is InChI=1S/C15H24N2O2/c1-5-15(18)17-14-8-6-7-13(12(14)3)16-11(2)9-10-19-4/h6-8,11,16H,5,9-10H2,1-4H3,(H,17,18). The van der Waals surface area contributed by atoms with E-state index in [2.05, 4.69) is 17.6 Å². The summed E-state index contributed by atoms with van der Waals surface area (Å²) in [5, 5.41) is 6.36. The number of carbonyl (C=O) groups excluding carboxylic acids is 1. The van der Waals surface area contributed by atoms with Gasteiger partial charge in [0.2, 0.25) is 5.91 Å². The number of carbonyl (C=O) groups is 1. The van der Waals surface area contributed by atoms with E-state index in [0.29, 0.717) is 12.5 Å². The Morgan fingerprint density at radius 3 is 2.68 bits per heavy atom. The van der Waals surface area contributed by atoms with Crippen molar-refractivity contribution in [3.05, 3.63) is 23.8 Å². The smallest absolute Gasteiger partial charge is 0.224 e. The van der Waals surface area contributed by atoms with Crippen LogP contribution in [0.5, 0.6) is 0 Å². The number of amides is 1. The van der Waals surface area contributed by atoms with Gasteiger partial charge < -0.3 is 15.4 Å². The molecule has 0 saturated heterocycles. The van der Waals surface area contributed by atoms with Crippen LogP contribution in [0.15, 0.2) is 18.2 Å². The van der Waals surface area contributed by atoms with Crippen molar-refractivity contribution in [2.24, 2.45) is 0 Å². The highest BCUT2D eigenvalue weighted by molar-refractivity contribution is 5.92. The van der Waals surface area contributed by atoms with Crippen LogP contribution in [0.4, 0.5) is 11.4 Å². The molecule has 0 bridgehead atoms. The Bertz CT molecular complexity index is 419. The maximum atomic E-state index is 11.5. The summed E-state index contributed by atoms with van der Waals surface area (Å²) in [6.07, 6.45) is 1.43. The number of nitrogens with one attached hydrogen (secondary N) is 2. The molecular weight excluding hydrogens is 240 g/mol. The third-order valence-corrected chi connectivity index (χ3v) is 3.09. The zero-order chi connectivity index (χ0) is 14.3. The van der Waals surface area contributed by atoms with E-state index in [0.717, 1.165) is 30.0 Å². The van der Waals surface area contributed by atoms with Crippen molar-refractivity contribution in [1.82, 2.24) is 0 Å². The van der Waals surface area contributed by atoms with Crippen molar-refractivity contribution >= 4 is 17.3 Å². The molecule has 0 spiro atoms. The molecule has 4 heteroatoms. The number of rotatable bonds is 7. The van der Waals surface area contributed by atoms with E-state index in [1.807, 2.05) is 32.0 Å². The van der Waals surface area contributed by atoms with Gasteiger partial charge in [-0.3, -0.25) is 4.79 Å². The summed E-state index contributed by atoms with van der Waals surface area (Å²) >= 11 is 0. The largest absolute Gasteiger partial charge is 0.385 e. The Morgan fingerprint density at radius 2 is 2.05 bits per heavy atom. The van der Waals surface area contributed by atoms with Crippen LogP contribution in [-0.4, -0.2) is 25.7 Å². The highest BCUT2D eigenvalue weighted by Crippen LogP contribution is 2.24. The normalized spacial score (nSPS) is 12.0. The van der Waals surface area contributed by atoms with E-state index in [1.165, 1.54) is 0 Å². The molecular formula is C15H24N2O2. The van der Waals surface area contributed by atoms with Crippen LogP contribution in [0, 0.1) is 6.92 Å². The van der Waals surface area contributed by atoms with Gasteiger partial charge in [-0.1, -0.05) is 13.0 Å². The molecule has 0 aromatic heterocycles. The van der Waals surface area contributed by atoms with Crippen molar-refractivity contribution in [2.75, 3.05) is 24.4 Å². The predicted molar refractivity (Wildman–Crippen MR) is 79.7 cm³/mol. The first-order valence-electron chi connectivity index (χ1n) is 6.73. The van der Waals surface area contributed by atoms with E-state index >= 15 is 0 Å². The maximum absolute atomic E-state index is 11.5. The molecule has 19 heavy (non-hydrogen) atoms. The van der Waals surface area contributed by atoms with Gasteiger partial charge in [-0.25, -0.2) is 0 Å². The molecule has 0 aliphatic heterocycles. The molecule has 0 fully saturated rings. The van der Waals surface area contributed by atoms with Crippen LogP contribution < -0.4 is 10.6 Å². The minimum Gasteiger partial charge on any atom is -0.385 e. The lowest BCUT2D eigenvalue weighted by molar-refractivity contribution is -0.115. The van der Waals surface area contributed by atoms with Crippen molar-refractivity contribution in [3.8, 4) is 0 Å². The van der Waals surface area contributed by atoms with Crippen LogP contribution in [0.1, 0.15) is 32.3 Å². The fourth-order valence-electron chi connectivity index (χ4n) is 1.80. The van der Waals surface area contributed by atoms with Gasteiger partial charge in [0.15, 0.2) is 0 Å². The van der Waals surface area contributed by atoms with E-state index in [-0.39, 0.29) is 5.91 Å². The first-order valence-corrected chi connectivity index (χ1v) is 6.73. The highest BCUT2D eigenvalue weighted by Gasteiger charge is 2.08. The van der Waals surface area contributed by atoms with Crippen LogP contribution in [0.25, 0.3) is 0 Å². The van der Waals surface area contributed by atoms with Crippen molar-refractivity contribution in [1.29, 1.82) is 0 Å². The van der Waals surface area contributed by atoms with Gasteiger partial charge >= 0.3 is 0 Å². The Hall–Kier alpha value is -1.55. The number of anilines is 2. The molecule has 0 saturated carbocycles. The lowest BCUT2D eigenvalue weighted by atomic mass is 10.1. The van der Waals surface area contributed by atoms with Gasteiger partial charge in [0, 0.05) is 37.6 Å². The van der Waals surface area contributed by atoms with E-state index < -0.39 is 0 Å². The van der Waals surface area contributed by atoms with Gasteiger partial charge in [0.05, 0.1) is 0 Å². The number of hydrogen-bond acceptors (Lipinski definition) is 3. The lowest BCUT2D eigenvalue weighted by Crippen LogP contribution is -2.18. The van der Waals surface area contributed by atoms with E-state index in [1.54, 1.807) is 7.11 Å². The molecule has 2 N–H and O–H groups in total. The average Bonchev–Trinajstić information content (AvgIpc) is 2.40. The van der Waals surface area contributed by atoms with Gasteiger partial charge in [0.1, 0.15) is 0 Å². The first-order chi connectivity index (χ1) is 9.08. The summed E-state index contributed by atoms with van der Waals surface area (Å²) in [5.74, 6) is 0.0349. The number of benzene rings is 1. The van der Waals surface area contributed by atoms with Gasteiger partial charge in [-0.2, -0.15) is 0 Å².